The summed E-state index contributed by atoms with van der Waals surface area (Å²) in [5.74, 6) is 1.05. The van der Waals surface area contributed by atoms with Crippen molar-refractivity contribution in [2.45, 2.75) is 38.6 Å². The van der Waals surface area contributed by atoms with E-state index >= 15 is 0 Å². The monoisotopic (exact) mass is 560 g/mol. The highest BCUT2D eigenvalue weighted by molar-refractivity contribution is 7.92. The number of halogens is 1. The smallest absolute Gasteiger partial charge is 0.410 e. The number of hydrogen-bond acceptors (Lipinski definition) is 8. The summed E-state index contributed by atoms with van der Waals surface area (Å²) < 4.78 is 34.2. The number of anilines is 4. The number of carbonyl (C=O) groups is 1. The molecule has 204 valence electrons. The standard InChI is InChI=1S/C26H33ClN6O4S/c1-7-32(8-2)25-28-17-23(33(18(3)4)38(35,36)22-14-12-19(27)13-15-22)24(30-25)29-20-10-9-11-21(16-20)37-26(34)31(5)6/h9-18H,7-8H2,1-6H3,(H,28,29,30). The van der Waals surface area contributed by atoms with Crippen LogP contribution in [-0.4, -0.2) is 62.6 Å². The maximum Gasteiger partial charge on any atom is 0.414 e. The van der Waals surface area contributed by atoms with Crippen LogP contribution in [0.5, 0.6) is 5.75 Å². The molecule has 0 fully saturated rings. The summed E-state index contributed by atoms with van der Waals surface area (Å²) >= 11 is 6.00. The van der Waals surface area contributed by atoms with E-state index in [0.717, 1.165) is 0 Å². The number of ether oxygens (including phenoxy) is 1. The Morgan fingerprint density at radius 3 is 2.32 bits per heavy atom. The molecule has 0 radical (unpaired) electrons. The number of aromatic nitrogens is 2. The highest BCUT2D eigenvalue weighted by Gasteiger charge is 2.31. The lowest BCUT2D eigenvalue weighted by Crippen LogP contribution is -2.38. The van der Waals surface area contributed by atoms with Crippen molar-refractivity contribution in [1.29, 1.82) is 0 Å². The minimum absolute atomic E-state index is 0.0898. The molecule has 1 aromatic heterocycles. The van der Waals surface area contributed by atoms with Crippen molar-refractivity contribution in [3.63, 3.8) is 0 Å². The summed E-state index contributed by atoms with van der Waals surface area (Å²) in [7, 11) is -0.814. The average Bonchev–Trinajstić information content (AvgIpc) is 2.86. The van der Waals surface area contributed by atoms with Crippen LogP contribution in [0.15, 0.2) is 59.6 Å². The van der Waals surface area contributed by atoms with Gasteiger partial charge in [0.25, 0.3) is 10.0 Å². The number of sulfonamides is 1. The van der Waals surface area contributed by atoms with Crippen LogP contribution in [0, 0.1) is 0 Å². The second-order valence-corrected chi connectivity index (χ2v) is 11.1. The van der Waals surface area contributed by atoms with Crippen LogP contribution in [-0.2, 0) is 10.0 Å². The van der Waals surface area contributed by atoms with Crippen LogP contribution in [0.3, 0.4) is 0 Å². The molecule has 0 aliphatic carbocycles. The van der Waals surface area contributed by atoms with Crippen LogP contribution in [0.4, 0.5) is 27.9 Å². The van der Waals surface area contributed by atoms with Gasteiger partial charge in [-0.05, 0) is 64.1 Å². The molecule has 38 heavy (non-hydrogen) atoms. The highest BCUT2D eigenvalue weighted by Crippen LogP contribution is 2.34. The zero-order chi connectivity index (χ0) is 28.0. The van der Waals surface area contributed by atoms with Gasteiger partial charge < -0.3 is 19.9 Å². The molecule has 1 heterocycles. The first-order valence-electron chi connectivity index (χ1n) is 12.2. The molecular weight excluding hydrogens is 528 g/mol. The SMILES string of the molecule is CCN(CC)c1ncc(N(C(C)C)S(=O)(=O)c2ccc(Cl)cc2)c(Nc2cccc(OC(=O)N(C)C)c2)n1. The van der Waals surface area contributed by atoms with Gasteiger partial charge in [-0.2, -0.15) is 4.98 Å². The largest absolute Gasteiger partial charge is 0.414 e. The Hall–Kier alpha value is -3.57. The van der Waals surface area contributed by atoms with Crippen molar-refractivity contribution >= 4 is 50.9 Å². The van der Waals surface area contributed by atoms with Gasteiger partial charge in [-0.1, -0.05) is 17.7 Å². The summed E-state index contributed by atoms with van der Waals surface area (Å²) in [6, 6.07) is 12.3. The van der Waals surface area contributed by atoms with E-state index in [-0.39, 0.29) is 16.4 Å². The lowest BCUT2D eigenvalue weighted by Gasteiger charge is -2.30. The summed E-state index contributed by atoms with van der Waals surface area (Å²) in [4.78, 5) is 24.6. The van der Waals surface area contributed by atoms with Gasteiger partial charge in [0.05, 0.1) is 11.1 Å². The van der Waals surface area contributed by atoms with Crippen LogP contribution < -0.4 is 19.3 Å². The number of carbonyl (C=O) groups excluding carboxylic acids is 1. The molecule has 0 bridgehead atoms. The predicted octanol–water partition coefficient (Wildman–Crippen LogP) is 5.38. The van der Waals surface area contributed by atoms with E-state index < -0.39 is 22.2 Å². The zero-order valence-electron chi connectivity index (χ0n) is 22.3. The van der Waals surface area contributed by atoms with Crippen LogP contribution >= 0.6 is 11.6 Å². The number of nitrogens with one attached hydrogen (secondary N) is 1. The fourth-order valence-electron chi connectivity index (χ4n) is 3.65. The topological polar surface area (TPSA) is 108 Å². The molecule has 10 nitrogen and oxygen atoms in total. The molecule has 0 saturated heterocycles. The van der Waals surface area contributed by atoms with Gasteiger partial charge in [-0.15, -0.1) is 0 Å². The Morgan fingerprint density at radius 2 is 1.74 bits per heavy atom. The first-order chi connectivity index (χ1) is 18.0. The Labute approximate surface area is 229 Å². The summed E-state index contributed by atoms with van der Waals surface area (Å²) in [5, 5.41) is 3.65. The molecule has 3 aromatic rings. The van der Waals surface area contributed by atoms with Gasteiger partial charge in [0, 0.05) is 50.0 Å². The maximum atomic E-state index is 13.8. The molecule has 0 saturated carbocycles. The van der Waals surface area contributed by atoms with Gasteiger partial charge in [-0.25, -0.2) is 18.2 Å². The predicted molar refractivity (Wildman–Crippen MR) is 151 cm³/mol. The quantitative estimate of drug-likeness (QED) is 0.352. The third-order valence-electron chi connectivity index (χ3n) is 5.55. The van der Waals surface area contributed by atoms with Crippen molar-refractivity contribution in [2.75, 3.05) is 41.7 Å². The Balaban J connectivity index is 2.12. The van der Waals surface area contributed by atoms with E-state index in [1.165, 1.54) is 39.7 Å². The molecule has 12 heteroatoms. The van der Waals surface area contributed by atoms with Gasteiger partial charge >= 0.3 is 6.09 Å². The van der Waals surface area contributed by atoms with E-state index in [1.807, 2.05) is 18.7 Å². The fourth-order valence-corrected chi connectivity index (χ4v) is 5.43. The second-order valence-electron chi connectivity index (χ2n) is 8.84. The van der Waals surface area contributed by atoms with Crippen molar-refractivity contribution in [3.05, 3.63) is 59.8 Å². The lowest BCUT2D eigenvalue weighted by atomic mass is 10.3. The van der Waals surface area contributed by atoms with Gasteiger partial charge in [0.15, 0.2) is 5.82 Å². The Bertz CT molecular complexity index is 1360. The van der Waals surface area contributed by atoms with E-state index in [2.05, 4.69) is 10.3 Å². The molecule has 0 unspecified atom stereocenters. The fraction of sp³-hybridized carbons (Fsp3) is 0.346. The molecule has 2 aromatic carbocycles. The van der Waals surface area contributed by atoms with Crippen LogP contribution in [0.25, 0.3) is 0 Å². The third-order valence-corrected chi connectivity index (χ3v) is 7.80. The minimum Gasteiger partial charge on any atom is -0.410 e. The van der Waals surface area contributed by atoms with Gasteiger partial charge in [-0.3, -0.25) is 4.31 Å². The van der Waals surface area contributed by atoms with Gasteiger partial charge in [0.2, 0.25) is 5.95 Å². The maximum absolute atomic E-state index is 13.8. The van der Waals surface area contributed by atoms with Crippen LogP contribution in [0.1, 0.15) is 27.7 Å². The normalized spacial score (nSPS) is 11.3. The van der Waals surface area contributed by atoms with E-state index in [4.69, 9.17) is 21.3 Å². The van der Waals surface area contributed by atoms with Gasteiger partial charge in [0.1, 0.15) is 11.4 Å². The Kier molecular flexibility index (Phi) is 9.40. The van der Waals surface area contributed by atoms with Crippen molar-refractivity contribution in [2.24, 2.45) is 0 Å². The molecule has 0 spiro atoms. The zero-order valence-corrected chi connectivity index (χ0v) is 23.9. The van der Waals surface area contributed by atoms with E-state index in [9.17, 15) is 13.2 Å². The molecular formula is C26H33ClN6O4S. The van der Waals surface area contributed by atoms with E-state index in [1.54, 1.807) is 52.2 Å². The number of nitrogens with zero attached hydrogens (tertiary/aromatic N) is 5. The number of hydrogen-bond donors (Lipinski definition) is 1. The van der Waals surface area contributed by atoms with Crippen molar-refractivity contribution in [3.8, 4) is 5.75 Å². The Morgan fingerprint density at radius 1 is 1.08 bits per heavy atom. The summed E-state index contributed by atoms with van der Waals surface area (Å²) in [5.41, 5.74) is 0.814. The molecule has 1 amide bonds. The molecule has 1 N–H and O–H groups in total. The van der Waals surface area contributed by atoms with Crippen molar-refractivity contribution in [1.82, 2.24) is 14.9 Å². The summed E-state index contributed by atoms with van der Waals surface area (Å²) in [6.07, 6.45) is 0.987. The second kappa shape index (κ2) is 12.3. The number of benzene rings is 2. The lowest BCUT2D eigenvalue weighted by molar-refractivity contribution is 0.172. The summed E-state index contributed by atoms with van der Waals surface area (Å²) in [6.45, 7) is 8.86. The molecule has 0 atom stereocenters. The molecule has 3 rings (SSSR count). The van der Waals surface area contributed by atoms with Crippen molar-refractivity contribution < 1.29 is 17.9 Å². The molecule has 0 aliphatic heterocycles. The number of rotatable bonds is 10. The molecule has 0 aliphatic rings. The van der Waals surface area contributed by atoms with E-state index in [0.29, 0.717) is 35.5 Å². The average molecular weight is 561 g/mol. The minimum atomic E-state index is -4.00. The first kappa shape index (κ1) is 29.0. The highest BCUT2D eigenvalue weighted by atomic mass is 35.5. The number of amides is 1. The van der Waals surface area contributed by atoms with Crippen LogP contribution in [0.2, 0.25) is 5.02 Å². The third kappa shape index (κ3) is 6.65. The first-order valence-corrected chi connectivity index (χ1v) is 14.0.